The number of allylic oxidation sites excluding steroid dienone is 6. The maximum absolute atomic E-state index is 12.7. The summed E-state index contributed by atoms with van der Waals surface area (Å²) in [7, 11) is 0. The molecule has 0 amide bonds. The van der Waals surface area contributed by atoms with Gasteiger partial charge in [-0.3, -0.25) is 4.79 Å². The number of carbonyl (C=O) groups excluding carboxylic acids is 1. The molecule has 0 saturated heterocycles. The van der Waals surface area contributed by atoms with E-state index in [0.717, 1.165) is 24.7 Å². The van der Waals surface area contributed by atoms with Crippen LogP contribution < -0.4 is 0 Å². The van der Waals surface area contributed by atoms with Crippen molar-refractivity contribution in [1.82, 2.24) is 0 Å². The molecule has 0 heterocycles. The number of fused-ring (bicyclic) bond motifs is 4. The molecule has 0 bridgehead atoms. The maximum Gasteiger partial charge on any atom is 0.163 e. The molecule has 1 unspecified atom stereocenters. The third-order valence-corrected chi connectivity index (χ3v) is 7.37. The number of carbonyl (C=O) groups is 1. The van der Waals surface area contributed by atoms with E-state index in [2.05, 4.69) is 43.3 Å². The molecule has 0 N–H and O–H groups in total. The molecule has 0 radical (unpaired) electrons. The first-order valence-corrected chi connectivity index (χ1v) is 9.85. The van der Waals surface area contributed by atoms with Crippen LogP contribution in [0.4, 0.5) is 0 Å². The minimum Gasteiger partial charge on any atom is -0.294 e. The van der Waals surface area contributed by atoms with Crippen molar-refractivity contribution < 1.29 is 4.79 Å². The van der Waals surface area contributed by atoms with Gasteiger partial charge in [0.25, 0.3) is 0 Å². The molecule has 128 valence electrons. The lowest BCUT2D eigenvalue weighted by atomic mass is 9.57. The van der Waals surface area contributed by atoms with E-state index in [1.807, 2.05) is 12.1 Å². The van der Waals surface area contributed by atoms with Crippen molar-refractivity contribution in [1.29, 1.82) is 0 Å². The number of rotatable bonds is 1. The Morgan fingerprint density at radius 2 is 1.96 bits per heavy atom. The molecule has 0 spiro atoms. The Balaban J connectivity index is 1.54. The summed E-state index contributed by atoms with van der Waals surface area (Å²) >= 11 is 0. The molecule has 1 aromatic carbocycles. The largest absolute Gasteiger partial charge is 0.294 e. The average molecular weight is 330 g/mol. The summed E-state index contributed by atoms with van der Waals surface area (Å²) < 4.78 is 0. The van der Waals surface area contributed by atoms with Crippen LogP contribution in [0.15, 0.2) is 65.3 Å². The second-order valence-corrected chi connectivity index (χ2v) is 8.64. The van der Waals surface area contributed by atoms with Gasteiger partial charge in [0.2, 0.25) is 0 Å². The van der Waals surface area contributed by atoms with Crippen LogP contribution in [0, 0.1) is 17.3 Å². The van der Waals surface area contributed by atoms with Gasteiger partial charge in [0.05, 0.1) is 5.92 Å². The van der Waals surface area contributed by atoms with Gasteiger partial charge in [-0.25, -0.2) is 0 Å². The van der Waals surface area contributed by atoms with E-state index in [-0.39, 0.29) is 5.92 Å². The zero-order chi connectivity index (χ0) is 17.0. The number of hydrogen-bond acceptors (Lipinski definition) is 1. The molecule has 1 aromatic rings. The smallest absolute Gasteiger partial charge is 0.163 e. The van der Waals surface area contributed by atoms with Gasteiger partial charge < -0.3 is 0 Å². The quantitative estimate of drug-likeness (QED) is 0.599. The van der Waals surface area contributed by atoms with E-state index in [0.29, 0.717) is 11.2 Å². The molecule has 1 saturated carbocycles. The van der Waals surface area contributed by atoms with Gasteiger partial charge >= 0.3 is 0 Å². The third-order valence-electron chi connectivity index (χ3n) is 7.37. The van der Waals surface area contributed by atoms with Crippen molar-refractivity contribution in [3.63, 3.8) is 0 Å². The van der Waals surface area contributed by atoms with E-state index in [1.165, 1.54) is 36.8 Å². The van der Waals surface area contributed by atoms with Gasteiger partial charge in [-0.05, 0) is 78.6 Å². The topological polar surface area (TPSA) is 17.1 Å². The first-order valence-electron chi connectivity index (χ1n) is 9.85. The summed E-state index contributed by atoms with van der Waals surface area (Å²) in [6, 6.07) is 10.4. The molecular formula is C24H26O. The molecule has 5 rings (SSSR count). The van der Waals surface area contributed by atoms with Crippen LogP contribution in [0.3, 0.4) is 0 Å². The van der Waals surface area contributed by atoms with E-state index in [1.54, 1.807) is 11.1 Å². The Morgan fingerprint density at radius 1 is 1.12 bits per heavy atom. The highest BCUT2D eigenvalue weighted by Crippen LogP contribution is 2.58. The Bertz CT molecular complexity index is 810. The van der Waals surface area contributed by atoms with Crippen molar-refractivity contribution in [2.75, 3.05) is 0 Å². The molecule has 1 heteroatoms. The highest BCUT2D eigenvalue weighted by molar-refractivity contribution is 5.98. The Labute approximate surface area is 150 Å². The monoisotopic (exact) mass is 330 g/mol. The SMILES string of the molecule is C[C@@]12C=CC[C@H]1[C@@H]1CCC3=CC(=O)C(c4ccccc4)CC3=C1CC2. The van der Waals surface area contributed by atoms with Crippen molar-refractivity contribution in [3.05, 3.63) is 70.8 Å². The van der Waals surface area contributed by atoms with Crippen molar-refractivity contribution in [2.45, 2.75) is 51.4 Å². The number of ketones is 1. The van der Waals surface area contributed by atoms with Crippen LogP contribution in [-0.4, -0.2) is 5.78 Å². The Kier molecular flexibility index (Phi) is 3.42. The highest BCUT2D eigenvalue weighted by atomic mass is 16.1. The highest BCUT2D eigenvalue weighted by Gasteiger charge is 2.47. The lowest BCUT2D eigenvalue weighted by Gasteiger charge is -2.47. The Morgan fingerprint density at radius 3 is 2.80 bits per heavy atom. The first kappa shape index (κ1) is 15.4. The minimum atomic E-state index is 0.0289. The number of benzene rings is 1. The van der Waals surface area contributed by atoms with E-state index in [9.17, 15) is 4.79 Å². The molecule has 4 aliphatic rings. The number of hydrogen-bond donors (Lipinski definition) is 0. The molecular weight excluding hydrogens is 304 g/mol. The zero-order valence-electron chi connectivity index (χ0n) is 15.0. The van der Waals surface area contributed by atoms with Crippen molar-refractivity contribution in [2.24, 2.45) is 17.3 Å². The summed E-state index contributed by atoms with van der Waals surface area (Å²) in [6.45, 7) is 2.46. The zero-order valence-corrected chi connectivity index (χ0v) is 15.0. The van der Waals surface area contributed by atoms with Crippen molar-refractivity contribution in [3.8, 4) is 0 Å². The third kappa shape index (κ3) is 2.32. The lowest BCUT2D eigenvalue weighted by Crippen LogP contribution is -2.37. The van der Waals surface area contributed by atoms with Crippen LogP contribution in [0.2, 0.25) is 0 Å². The lowest BCUT2D eigenvalue weighted by molar-refractivity contribution is -0.116. The van der Waals surface area contributed by atoms with Crippen LogP contribution in [-0.2, 0) is 4.79 Å². The summed E-state index contributed by atoms with van der Waals surface area (Å²) in [6.07, 6.45) is 13.9. The fraction of sp³-hybridized carbons (Fsp3) is 0.458. The fourth-order valence-corrected chi connectivity index (χ4v) is 5.99. The van der Waals surface area contributed by atoms with Gasteiger partial charge in [0.1, 0.15) is 0 Å². The second kappa shape index (κ2) is 5.56. The summed E-state index contributed by atoms with van der Waals surface area (Å²) in [5.74, 6) is 1.87. The van der Waals surface area contributed by atoms with Crippen LogP contribution in [0.1, 0.15) is 56.9 Å². The maximum atomic E-state index is 12.7. The molecule has 4 atom stereocenters. The van der Waals surface area contributed by atoms with E-state index in [4.69, 9.17) is 0 Å². The van der Waals surface area contributed by atoms with Crippen molar-refractivity contribution >= 4 is 5.78 Å². The van der Waals surface area contributed by atoms with Gasteiger partial charge in [0.15, 0.2) is 5.78 Å². The first-order chi connectivity index (χ1) is 12.2. The van der Waals surface area contributed by atoms with Gasteiger partial charge in [-0.1, -0.05) is 55.0 Å². The predicted molar refractivity (Wildman–Crippen MR) is 101 cm³/mol. The normalized spacial score (nSPS) is 36.6. The average Bonchev–Trinajstić information content (AvgIpc) is 3.03. The second-order valence-electron chi connectivity index (χ2n) is 8.64. The van der Waals surface area contributed by atoms with E-state index < -0.39 is 0 Å². The van der Waals surface area contributed by atoms with Gasteiger partial charge in [0, 0.05) is 0 Å². The summed E-state index contributed by atoms with van der Waals surface area (Å²) in [4.78, 5) is 12.7. The molecule has 0 aliphatic heterocycles. The summed E-state index contributed by atoms with van der Waals surface area (Å²) in [5, 5.41) is 0. The fourth-order valence-electron chi connectivity index (χ4n) is 5.99. The van der Waals surface area contributed by atoms with E-state index >= 15 is 0 Å². The molecule has 1 nitrogen and oxygen atoms in total. The Hall–Kier alpha value is -1.89. The molecule has 0 aromatic heterocycles. The predicted octanol–water partition coefficient (Wildman–Crippen LogP) is 5.75. The standard InChI is InChI=1S/C24H26O/c1-24-12-5-8-22(24)19-10-9-17-14-23(25)21(16-6-3-2-4-7-16)15-20(17)18(19)11-13-24/h2-7,12,14,19,21-22H,8-11,13,15H2,1H3/t19-,21?,22+,24+/m1/s1. The molecule has 4 aliphatic carbocycles. The van der Waals surface area contributed by atoms with Gasteiger partial charge in [-0.15, -0.1) is 0 Å². The minimum absolute atomic E-state index is 0.0289. The van der Waals surface area contributed by atoms with Crippen LogP contribution in [0.25, 0.3) is 0 Å². The van der Waals surface area contributed by atoms with Crippen LogP contribution in [0.5, 0.6) is 0 Å². The summed E-state index contributed by atoms with van der Waals surface area (Å²) in [5.41, 5.74) is 6.22. The molecule has 25 heavy (non-hydrogen) atoms. The van der Waals surface area contributed by atoms with Crippen LogP contribution >= 0.6 is 0 Å². The molecule has 1 fully saturated rings. The van der Waals surface area contributed by atoms with Gasteiger partial charge in [-0.2, -0.15) is 0 Å².